The van der Waals surface area contributed by atoms with Gasteiger partial charge in [0.25, 0.3) is 0 Å². The monoisotopic (exact) mass is 1410 g/mol. The summed E-state index contributed by atoms with van der Waals surface area (Å²) in [7, 11) is 0. The molecule has 0 radical (unpaired) electrons. The van der Waals surface area contributed by atoms with Crippen molar-refractivity contribution < 1.29 is 91.1 Å². The van der Waals surface area contributed by atoms with Crippen molar-refractivity contribution in [2.24, 2.45) is 107 Å². The van der Waals surface area contributed by atoms with Crippen LogP contribution >= 0.6 is 0 Å². The molecular weight excluding hydrogens is 1260 g/mol. The Labute approximate surface area is 599 Å². The second-order valence-electron chi connectivity index (χ2n) is 34.0. The topological polar surface area (TPSA) is 208 Å². The molecule has 45 atom stereocenters. The number of rotatable bonds is 26. The highest BCUT2D eigenvalue weighted by atomic mass is 16.8. The zero-order valence-corrected chi connectivity index (χ0v) is 66.4. The molecule has 19 heteroatoms. The van der Waals surface area contributed by atoms with Crippen LogP contribution in [0.3, 0.4) is 0 Å². The highest BCUT2D eigenvalue weighted by Gasteiger charge is 2.67. The molecule has 9 aliphatic rings. The second kappa shape index (κ2) is 34.6. The van der Waals surface area contributed by atoms with Crippen LogP contribution in [0, 0.1) is 107 Å². The predicted molar refractivity (Wildman–Crippen MR) is 378 cm³/mol. The fourth-order valence-electron chi connectivity index (χ4n) is 18.9. The molecule has 19 unspecified atom stereocenters. The minimum Gasteiger partial charge on any atom is -0.394 e. The standard InChI is InChI=1S/C80H144O19/c1-28-55-38(10)36(8)45(17)74(86-55)95-67-41(13)47(19)75(88-58(67)31-4)96-68-42(14)48(20)76(89-59(68)32-5)97-69-43(15)49(21)77(90-60(69)33-6)98-70-44(16)50(22)78(92-62(70)35-81)94-65-40(12)46(18)73(85-54(65)26)99-71-61(34-7)91-79(52(24)64(71)82)87-56(29-2)51(23)63-72(80(63,27)83)93-66-39(11)37(9)53(25)84-57(66)30-3/h36-79,81-83H,28-35H2,1-27H3/t36?,37?,38-,39?,40?,41?,42+,43+,44?,45?,46?,47?,48?,49?,50?,51?,52?,53+,54-,55-,56+,57-,58-,59?,60?,61?,62-,63?,64+,65-,66-,67-,68-,69-,70-,71+,72+,73-,74+,75-,76-,77-,78+,79+,80?/m0/s1. The minimum atomic E-state index is -1.01. The quantitative estimate of drug-likeness (QED) is 0.0735. The van der Waals surface area contributed by atoms with E-state index in [1.807, 2.05) is 27.7 Å². The van der Waals surface area contributed by atoms with E-state index in [2.05, 4.69) is 159 Å². The van der Waals surface area contributed by atoms with Crippen molar-refractivity contribution in [2.75, 3.05) is 6.61 Å². The number of aliphatic hydroxyl groups is 3. The van der Waals surface area contributed by atoms with Gasteiger partial charge in [0.05, 0.1) is 116 Å². The van der Waals surface area contributed by atoms with Crippen molar-refractivity contribution in [1.82, 2.24) is 0 Å². The van der Waals surface area contributed by atoms with Gasteiger partial charge in [0.2, 0.25) is 0 Å². The first kappa shape index (κ1) is 82.3. The van der Waals surface area contributed by atoms with Crippen molar-refractivity contribution in [3.63, 3.8) is 0 Å². The summed E-state index contributed by atoms with van der Waals surface area (Å²) in [6.07, 6.45) is -3.84. The van der Waals surface area contributed by atoms with Crippen LogP contribution in [0.25, 0.3) is 0 Å². The highest BCUT2D eigenvalue weighted by molar-refractivity contribution is 5.15. The lowest BCUT2D eigenvalue weighted by Crippen LogP contribution is -2.61. The molecule has 8 saturated heterocycles. The number of ether oxygens (including phenoxy) is 16. The van der Waals surface area contributed by atoms with Gasteiger partial charge in [-0.05, 0) is 125 Å². The van der Waals surface area contributed by atoms with Gasteiger partial charge in [0.15, 0.2) is 44.0 Å². The molecular formula is C80H144O19. The zero-order chi connectivity index (χ0) is 72.9. The summed E-state index contributed by atoms with van der Waals surface area (Å²) in [5.41, 5.74) is -1.01. The molecule has 578 valence electrons. The van der Waals surface area contributed by atoms with Crippen LogP contribution in [-0.4, -0.2) is 188 Å². The third-order valence-corrected chi connectivity index (χ3v) is 28.2. The van der Waals surface area contributed by atoms with Gasteiger partial charge in [-0.15, -0.1) is 0 Å². The van der Waals surface area contributed by atoms with Gasteiger partial charge in [-0.1, -0.05) is 166 Å². The van der Waals surface area contributed by atoms with E-state index in [0.717, 1.165) is 25.7 Å². The van der Waals surface area contributed by atoms with Gasteiger partial charge in [-0.3, -0.25) is 0 Å². The van der Waals surface area contributed by atoms with E-state index in [0.29, 0.717) is 37.0 Å². The Morgan fingerprint density at radius 3 is 1.05 bits per heavy atom. The summed E-state index contributed by atoms with van der Waals surface area (Å²) in [5.74, 6) is 1.25. The molecule has 3 N–H and O–H groups in total. The summed E-state index contributed by atoms with van der Waals surface area (Å²) >= 11 is 0. The van der Waals surface area contributed by atoms with Crippen LogP contribution in [0.1, 0.15) is 232 Å². The number of aliphatic hydroxyl groups excluding tert-OH is 2. The summed E-state index contributed by atoms with van der Waals surface area (Å²) in [4.78, 5) is 0. The fourth-order valence-corrected chi connectivity index (χ4v) is 18.9. The molecule has 0 aromatic carbocycles. The van der Waals surface area contributed by atoms with Crippen LogP contribution in [0.2, 0.25) is 0 Å². The maximum absolute atomic E-state index is 12.2. The van der Waals surface area contributed by atoms with Crippen LogP contribution < -0.4 is 0 Å². The lowest BCUT2D eigenvalue weighted by Gasteiger charge is -2.52. The van der Waals surface area contributed by atoms with Gasteiger partial charge in [-0.25, -0.2) is 0 Å². The summed E-state index contributed by atoms with van der Waals surface area (Å²) in [6.45, 7) is 58.2. The lowest BCUT2D eigenvalue weighted by molar-refractivity contribution is -0.371. The van der Waals surface area contributed by atoms with Gasteiger partial charge in [-0.2, -0.15) is 0 Å². The molecule has 8 aliphatic heterocycles. The Kier molecular flexibility index (Phi) is 28.8. The van der Waals surface area contributed by atoms with E-state index in [9.17, 15) is 15.3 Å². The summed E-state index contributed by atoms with van der Waals surface area (Å²) in [6, 6.07) is 0. The molecule has 0 bridgehead atoms. The molecule has 0 aromatic rings. The van der Waals surface area contributed by atoms with Crippen LogP contribution in [0.15, 0.2) is 0 Å². The van der Waals surface area contributed by atoms with Crippen LogP contribution in [-0.2, 0) is 75.8 Å². The minimum absolute atomic E-state index is 0.0133. The maximum Gasteiger partial charge on any atom is 0.163 e. The Bertz CT molecular complexity index is 2430. The van der Waals surface area contributed by atoms with Crippen molar-refractivity contribution in [1.29, 1.82) is 0 Å². The van der Waals surface area contributed by atoms with Gasteiger partial charge >= 0.3 is 0 Å². The predicted octanol–water partition coefficient (Wildman–Crippen LogP) is 13.7. The van der Waals surface area contributed by atoms with E-state index in [4.69, 9.17) is 75.8 Å². The van der Waals surface area contributed by atoms with E-state index < -0.39 is 85.9 Å². The van der Waals surface area contributed by atoms with E-state index in [1.54, 1.807) is 0 Å². The first-order valence-electron chi connectivity index (χ1n) is 40.3. The van der Waals surface area contributed by atoms with E-state index in [1.165, 1.54) is 0 Å². The first-order valence-corrected chi connectivity index (χ1v) is 40.3. The Hall–Kier alpha value is -0.760. The molecule has 0 spiro atoms. The van der Waals surface area contributed by atoms with Gasteiger partial charge in [0, 0.05) is 47.3 Å². The molecule has 8 heterocycles. The van der Waals surface area contributed by atoms with Crippen molar-refractivity contribution in [3.8, 4) is 0 Å². The molecule has 19 nitrogen and oxygen atoms in total. The van der Waals surface area contributed by atoms with Crippen LogP contribution in [0.4, 0.5) is 0 Å². The van der Waals surface area contributed by atoms with Crippen LogP contribution in [0.5, 0.6) is 0 Å². The molecule has 1 aliphatic carbocycles. The lowest BCUT2D eigenvalue weighted by atomic mass is 9.78. The smallest absolute Gasteiger partial charge is 0.163 e. The van der Waals surface area contributed by atoms with Gasteiger partial charge in [0.1, 0.15) is 12.2 Å². The Morgan fingerprint density at radius 2 is 0.636 bits per heavy atom. The van der Waals surface area contributed by atoms with E-state index >= 15 is 0 Å². The molecule has 0 amide bonds. The number of hydrogen-bond acceptors (Lipinski definition) is 19. The van der Waals surface area contributed by atoms with Crippen molar-refractivity contribution in [2.45, 2.75) is 397 Å². The SMILES string of the molecule is CCC1O[C@@H](O[C@@H]2C(CC)O[C@@H](O[C@H]3C(C)C(C)[C@@H](O[C@H]4C(C)C(C)[C@H](O[C@@H]5C(CC)O[C@@H](O[C@H](CC)C(C)C6[C@@H](O[C@H]7C(C)C(C)[C@@H](C)O[C@H]7CC)C6(C)O)C(C)[C@H]5O)O[C@H]4C)O[C@H]3CO)C(C)[C@H]2C)C(C)[C@@H](C)[C@@H]1O[C@@H]1O[C@@H](CC)[C@@H](O[C@H]2O[C@@H](CC)[C@@H](C)C(C)C2C)C(C)C1C. The molecule has 0 aromatic heterocycles. The third kappa shape index (κ3) is 16.8. The van der Waals surface area contributed by atoms with Gasteiger partial charge < -0.3 is 91.1 Å². The third-order valence-electron chi connectivity index (χ3n) is 28.2. The number of hydrogen-bond donors (Lipinski definition) is 3. The summed E-state index contributed by atoms with van der Waals surface area (Å²) in [5, 5.41) is 35.1. The molecule has 9 rings (SSSR count). The Balaban J connectivity index is 0.760. The maximum atomic E-state index is 12.2. The molecule has 9 fully saturated rings. The highest BCUT2D eigenvalue weighted by Crippen LogP contribution is 2.55. The first-order chi connectivity index (χ1) is 46.8. The molecule has 1 saturated carbocycles. The van der Waals surface area contributed by atoms with Crippen molar-refractivity contribution in [3.05, 3.63) is 0 Å². The average molecular weight is 1410 g/mol. The van der Waals surface area contributed by atoms with Crippen molar-refractivity contribution >= 4 is 0 Å². The normalized spacial score (nSPS) is 53.6. The largest absolute Gasteiger partial charge is 0.394 e. The summed E-state index contributed by atoms with van der Waals surface area (Å²) < 4.78 is 110. The zero-order valence-electron chi connectivity index (χ0n) is 66.4. The average Bonchev–Trinajstić information content (AvgIpc) is 1.56. The Morgan fingerprint density at radius 1 is 0.323 bits per heavy atom. The van der Waals surface area contributed by atoms with E-state index in [-0.39, 0.29) is 175 Å². The second-order valence-corrected chi connectivity index (χ2v) is 34.0. The fraction of sp³-hybridized carbons (Fsp3) is 1.00. The molecule has 99 heavy (non-hydrogen) atoms.